The van der Waals surface area contributed by atoms with Crippen LogP contribution in [0.2, 0.25) is 0 Å². The Hall–Kier alpha value is -1.50. The molecule has 0 spiro atoms. The van der Waals surface area contributed by atoms with Crippen molar-refractivity contribution >= 4 is 5.91 Å². The van der Waals surface area contributed by atoms with Crippen LogP contribution >= 0.6 is 0 Å². The van der Waals surface area contributed by atoms with Crippen molar-refractivity contribution in [3.63, 3.8) is 0 Å². The third kappa shape index (κ3) is 3.63. The van der Waals surface area contributed by atoms with E-state index in [1.54, 1.807) is 13.2 Å². The van der Waals surface area contributed by atoms with Gasteiger partial charge < -0.3 is 19.8 Å². The van der Waals surface area contributed by atoms with Crippen LogP contribution in [0.25, 0.3) is 0 Å². The van der Waals surface area contributed by atoms with Gasteiger partial charge in [-0.1, -0.05) is 26.8 Å². The van der Waals surface area contributed by atoms with Gasteiger partial charge in [0.05, 0.1) is 30.6 Å². The molecule has 1 saturated carbocycles. The average molecular weight is 362 g/mol. The number of amides is 1. The Labute approximate surface area is 155 Å². The molecule has 6 nitrogen and oxygen atoms in total. The molecule has 1 saturated heterocycles. The Morgan fingerprint density at radius 1 is 1.38 bits per heavy atom. The van der Waals surface area contributed by atoms with Crippen molar-refractivity contribution in [2.24, 2.45) is 11.3 Å². The number of carbonyl (C=O) groups is 1. The maximum absolute atomic E-state index is 12.6. The summed E-state index contributed by atoms with van der Waals surface area (Å²) in [6.07, 6.45) is 2.19. The quantitative estimate of drug-likeness (QED) is 0.858. The van der Waals surface area contributed by atoms with Crippen LogP contribution in [0.4, 0.5) is 0 Å². The number of hydrogen-bond acceptors (Lipinski definition) is 5. The second kappa shape index (κ2) is 6.91. The molecule has 0 bridgehead atoms. The van der Waals surface area contributed by atoms with E-state index >= 15 is 0 Å². The predicted molar refractivity (Wildman–Crippen MR) is 97.2 cm³/mol. The molecule has 2 N–H and O–H groups in total. The molecule has 2 fully saturated rings. The van der Waals surface area contributed by atoms with E-state index in [9.17, 15) is 15.0 Å². The molecule has 3 rings (SSSR count). The van der Waals surface area contributed by atoms with Crippen molar-refractivity contribution in [3.05, 3.63) is 30.1 Å². The number of aromatic nitrogens is 1. The minimum absolute atomic E-state index is 0.0672. The van der Waals surface area contributed by atoms with Gasteiger partial charge in [0, 0.05) is 19.7 Å². The molecular weight excluding hydrogens is 332 g/mol. The molecule has 144 valence electrons. The molecule has 0 unspecified atom stereocenters. The summed E-state index contributed by atoms with van der Waals surface area (Å²) in [5, 5.41) is 22.0. The Kier molecular flexibility index (Phi) is 5.12. The third-order valence-corrected chi connectivity index (χ3v) is 5.63. The van der Waals surface area contributed by atoms with Crippen LogP contribution in [0.15, 0.2) is 24.4 Å². The Morgan fingerprint density at radius 2 is 2.12 bits per heavy atom. The number of hydrogen-bond donors (Lipinski definition) is 2. The van der Waals surface area contributed by atoms with Crippen LogP contribution in [-0.2, 0) is 9.53 Å². The van der Waals surface area contributed by atoms with Crippen molar-refractivity contribution in [1.29, 1.82) is 0 Å². The first-order chi connectivity index (χ1) is 12.1. The van der Waals surface area contributed by atoms with Crippen LogP contribution in [0.3, 0.4) is 0 Å². The van der Waals surface area contributed by atoms with Crippen LogP contribution in [0, 0.1) is 11.3 Å². The van der Waals surface area contributed by atoms with Crippen molar-refractivity contribution in [2.45, 2.75) is 63.9 Å². The largest absolute Gasteiger partial charge is 0.391 e. The molecule has 5 atom stereocenters. The fraction of sp³-hybridized carbons (Fsp3) is 0.700. The summed E-state index contributed by atoms with van der Waals surface area (Å²) in [7, 11) is 1.67. The van der Waals surface area contributed by atoms with E-state index in [0.717, 1.165) is 5.69 Å². The van der Waals surface area contributed by atoms with Gasteiger partial charge in [-0.3, -0.25) is 9.78 Å². The number of rotatable bonds is 3. The third-order valence-electron chi connectivity index (χ3n) is 5.63. The number of aliphatic hydroxyl groups is 2. The summed E-state index contributed by atoms with van der Waals surface area (Å²) in [6.45, 7) is 6.10. The van der Waals surface area contributed by atoms with Gasteiger partial charge in [0.15, 0.2) is 0 Å². The average Bonchev–Trinajstić information content (AvgIpc) is 2.82. The van der Waals surface area contributed by atoms with Gasteiger partial charge >= 0.3 is 0 Å². The van der Waals surface area contributed by atoms with Crippen LogP contribution in [0.1, 0.15) is 51.8 Å². The summed E-state index contributed by atoms with van der Waals surface area (Å²) in [4.78, 5) is 18.5. The highest BCUT2D eigenvalue weighted by Crippen LogP contribution is 2.48. The standard InChI is InChI=1S/C20H30N2O4/c1-19(2,3)11-17(24)22(4)18-15(23)9-13-10-16(26-12-20(13,18)25)14-7-5-6-8-21-14/h5-8,13,15-16,18,23,25H,9-12H2,1-4H3/t13-,15+,16-,18-,20-/m1/s1. The normalized spacial score (nSPS) is 34.4. The first-order valence-corrected chi connectivity index (χ1v) is 9.30. The zero-order valence-corrected chi connectivity index (χ0v) is 16.1. The summed E-state index contributed by atoms with van der Waals surface area (Å²) in [5.74, 6) is -0.199. The van der Waals surface area contributed by atoms with Crippen molar-refractivity contribution in [2.75, 3.05) is 13.7 Å². The SMILES string of the molecule is CN(C(=O)CC(C)(C)C)[C@@H]1[C@@H](O)C[C@@H]2C[C@H](c3ccccn3)OC[C@@]21O. The number of carbonyl (C=O) groups excluding carboxylic acids is 1. The predicted octanol–water partition coefficient (Wildman–Crippen LogP) is 1.92. The van der Waals surface area contributed by atoms with Crippen molar-refractivity contribution in [1.82, 2.24) is 9.88 Å². The molecule has 1 aromatic rings. The highest BCUT2D eigenvalue weighted by atomic mass is 16.5. The molecule has 0 aromatic carbocycles. The summed E-state index contributed by atoms with van der Waals surface area (Å²) in [5.41, 5.74) is -0.540. The van der Waals surface area contributed by atoms with E-state index in [0.29, 0.717) is 19.3 Å². The molecule has 2 heterocycles. The molecule has 6 heteroatoms. The van der Waals surface area contributed by atoms with Crippen molar-refractivity contribution in [3.8, 4) is 0 Å². The highest BCUT2D eigenvalue weighted by Gasteiger charge is 2.59. The zero-order valence-electron chi connectivity index (χ0n) is 16.1. The van der Waals surface area contributed by atoms with E-state index in [-0.39, 0.29) is 30.0 Å². The summed E-state index contributed by atoms with van der Waals surface area (Å²) >= 11 is 0. The van der Waals surface area contributed by atoms with Gasteiger partial charge in [-0.05, 0) is 36.3 Å². The van der Waals surface area contributed by atoms with Crippen LogP contribution < -0.4 is 0 Å². The summed E-state index contributed by atoms with van der Waals surface area (Å²) in [6, 6.07) is 5.04. The first kappa shape index (κ1) is 19.3. The number of nitrogens with zero attached hydrogens (tertiary/aromatic N) is 2. The topological polar surface area (TPSA) is 82.9 Å². The Morgan fingerprint density at radius 3 is 2.73 bits per heavy atom. The number of fused-ring (bicyclic) bond motifs is 1. The van der Waals surface area contributed by atoms with Gasteiger partial charge in [0.1, 0.15) is 5.60 Å². The lowest BCUT2D eigenvalue weighted by Crippen LogP contribution is -2.60. The van der Waals surface area contributed by atoms with Gasteiger partial charge in [-0.15, -0.1) is 0 Å². The van der Waals surface area contributed by atoms with E-state index in [2.05, 4.69) is 4.98 Å². The number of pyridine rings is 1. The molecule has 1 aliphatic heterocycles. The lowest BCUT2D eigenvalue weighted by atomic mass is 9.81. The van der Waals surface area contributed by atoms with Crippen LogP contribution in [0.5, 0.6) is 0 Å². The number of likely N-dealkylation sites (N-methyl/N-ethyl adjacent to an activating group) is 1. The molecule has 1 aromatic heterocycles. The Balaban J connectivity index is 1.76. The van der Waals surface area contributed by atoms with E-state index in [4.69, 9.17) is 4.74 Å². The Bertz CT molecular complexity index is 645. The fourth-order valence-corrected chi connectivity index (χ4v) is 4.36. The molecular formula is C20H30N2O4. The lowest BCUT2D eigenvalue weighted by Gasteiger charge is -2.44. The number of ether oxygens (including phenoxy) is 1. The van der Waals surface area contributed by atoms with E-state index in [1.165, 1.54) is 4.90 Å². The second-order valence-electron chi connectivity index (χ2n) is 8.97. The maximum Gasteiger partial charge on any atom is 0.223 e. The van der Waals surface area contributed by atoms with Gasteiger partial charge in [-0.25, -0.2) is 0 Å². The molecule has 0 radical (unpaired) electrons. The van der Waals surface area contributed by atoms with E-state index in [1.807, 2.05) is 39.0 Å². The monoisotopic (exact) mass is 362 g/mol. The highest BCUT2D eigenvalue weighted by molar-refractivity contribution is 5.77. The molecule has 2 aliphatic rings. The van der Waals surface area contributed by atoms with Crippen LogP contribution in [-0.4, -0.2) is 57.4 Å². The molecule has 26 heavy (non-hydrogen) atoms. The smallest absolute Gasteiger partial charge is 0.223 e. The summed E-state index contributed by atoms with van der Waals surface area (Å²) < 4.78 is 5.93. The zero-order chi connectivity index (χ0) is 19.1. The second-order valence-corrected chi connectivity index (χ2v) is 8.97. The molecule has 1 aliphatic carbocycles. The van der Waals surface area contributed by atoms with Gasteiger partial charge in [0.2, 0.25) is 5.91 Å². The van der Waals surface area contributed by atoms with Crippen molar-refractivity contribution < 1.29 is 19.7 Å². The lowest BCUT2D eigenvalue weighted by molar-refractivity contribution is -0.178. The molecule has 1 amide bonds. The first-order valence-electron chi connectivity index (χ1n) is 9.30. The van der Waals surface area contributed by atoms with Gasteiger partial charge in [-0.2, -0.15) is 0 Å². The fourth-order valence-electron chi connectivity index (χ4n) is 4.36. The van der Waals surface area contributed by atoms with Gasteiger partial charge in [0.25, 0.3) is 0 Å². The maximum atomic E-state index is 12.6. The minimum Gasteiger partial charge on any atom is -0.391 e. The minimum atomic E-state index is -1.23. The number of aliphatic hydroxyl groups excluding tert-OH is 1. The van der Waals surface area contributed by atoms with E-state index < -0.39 is 17.7 Å².